The molecule has 126 valence electrons. The Labute approximate surface area is 151 Å². The second-order valence-electron chi connectivity index (χ2n) is 6.60. The van der Waals surface area contributed by atoms with Crippen LogP contribution < -0.4 is 5.32 Å². The van der Waals surface area contributed by atoms with E-state index in [1.54, 1.807) is 12.1 Å². The number of benzene rings is 2. The van der Waals surface area contributed by atoms with E-state index in [1.807, 2.05) is 12.1 Å². The number of aromatic carboxylic acids is 1. The quantitative estimate of drug-likeness (QED) is 0.751. The molecule has 0 unspecified atom stereocenters. The molecular formula is C20H22BrNO2. The maximum Gasteiger partial charge on any atom is 0.335 e. The van der Waals surface area contributed by atoms with Crippen LogP contribution in [0.4, 0.5) is 0 Å². The summed E-state index contributed by atoms with van der Waals surface area (Å²) >= 11 is 3.59. The molecule has 0 saturated heterocycles. The Kier molecular flexibility index (Phi) is 5.36. The number of rotatable bonds is 6. The predicted molar refractivity (Wildman–Crippen MR) is 99.4 cm³/mol. The fraction of sp³-hybridized carbons (Fsp3) is 0.350. The molecule has 0 radical (unpaired) electrons. The fourth-order valence-corrected chi connectivity index (χ4v) is 4.05. The van der Waals surface area contributed by atoms with Crippen LogP contribution in [0.5, 0.6) is 0 Å². The summed E-state index contributed by atoms with van der Waals surface area (Å²) in [6.45, 7) is 1.71. The Morgan fingerprint density at radius 3 is 2.46 bits per heavy atom. The number of carbonyl (C=O) groups is 1. The molecule has 2 aromatic carbocycles. The van der Waals surface area contributed by atoms with Gasteiger partial charge in [0.15, 0.2) is 0 Å². The molecule has 3 nitrogen and oxygen atoms in total. The van der Waals surface area contributed by atoms with Crippen LogP contribution >= 0.6 is 15.9 Å². The number of halogens is 1. The third-order valence-corrected chi connectivity index (χ3v) is 5.48. The Bertz CT molecular complexity index is 706. The number of hydrogen-bond donors (Lipinski definition) is 2. The van der Waals surface area contributed by atoms with Crippen LogP contribution in [0, 0.1) is 0 Å². The van der Waals surface area contributed by atoms with E-state index in [2.05, 4.69) is 45.5 Å². The maximum atomic E-state index is 10.9. The summed E-state index contributed by atoms with van der Waals surface area (Å²) in [4.78, 5) is 10.9. The lowest BCUT2D eigenvalue weighted by Gasteiger charge is -2.30. The Balaban J connectivity index is 1.66. The van der Waals surface area contributed by atoms with E-state index < -0.39 is 5.97 Å². The zero-order chi connectivity index (χ0) is 17.0. The van der Waals surface area contributed by atoms with Gasteiger partial charge in [0, 0.05) is 23.0 Å². The first-order chi connectivity index (χ1) is 11.6. The van der Waals surface area contributed by atoms with Crippen molar-refractivity contribution >= 4 is 21.9 Å². The van der Waals surface area contributed by atoms with E-state index in [1.165, 1.54) is 31.2 Å². The summed E-state index contributed by atoms with van der Waals surface area (Å²) in [6.07, 6.45) is 4.99. The van der Waals surface area contributed by atoms with Gasteiger partial charge in [-0.1, -0.05) is 53.0 Å². The second-order valence-corrected chi connectivity index (χ2v) is 7.52. The van der Waals surface area contributed by atoms with E-state index in [-0.39, 0.29) is 5.41 Å². The summed E-state index contributed by atoms with van der Waals surface area (Å²) in [5.41, 5.74) is 3.07. The molecule has 0 bridgehead atoms. The van der Waals surface area contributed by atoms with Gasteiger partial charge in [0.05, 0.1) is 5.56 Å². The molecule has 1 fully saturated rings. The highest BCUT2D eigenvalue weighted by molar-refractivity contribution is 9.10. The van der Waals surface area contributed by atoms with Gasteiger partial charge < -0.3 is 10.4 Å². The van der Waals surface area contributed by atoms with Gasteiger partial charge in [-0.05, 0) is 48.2 Å². The molecular weight excluding hydrogens is 366 g/mol. The molecule has 0 amide bonds. The average molecular weight is 388 g/mol. The molecule has 0 heterocycles. The molecule has 0 aliphatic heterocycles. The molecule has 0 spiro atoms. The smallest absolute Gasteiger partial charge is 0.335 e. The molecule has 4 heteroatoms. The van der Waals surface area contributed by atoms with Gasteiger partial charge in [0.2, 0.25) is 0 Å². The minimum absolute atomic E-state index is 0.213. The molecule has 2 N–H and O–H groups in total. The third kappa shape index (κ3) is 3.87. The Hall–Kier alpha value is -1.65. The van der Waals surface area contributed by atoms with Crippen LogP contribution in [0.2, 0.25) is 0 Å². The highest BCUT2D eigenvalue weighted by atomic mass is 79.9. The Morgan fingerprint density at radius 2 is 1.83 bits per heavy atom. The van der Waals surface area contributed by atoms with Crippen LogP contribution in [0.15, 0.2) is 53.0 Å². The lowest BCUT2D eigenvalue weighted by Crippen LogP contribution is -2.35. The molecule has 0 atom stereocenters. The largest absolute Gasteiger partial charge is 0.478 e. The molecule has 1 saturated carbocycles. The fourth-order valence-electron chi connectivity index (χ4n) is 3.65. The summed E-state index contributed by atoms with van der Waals surface area (Å²) < 4.78 is 1.13. The van der Waals surface area contributed by atoms with E-state index in [0.29, 0.717) is 5.56 Å². The lowest BCUT2D eigenvalue weighted by atomic mass is 9.79. The van der Waals surface area contributed by atoms with Gasteiger partial charge in [-0.3, -0.25) is 0 Å². The van der Waals surface area contributed by atoms with Crippen molar-refractivity contribution < 1.29 is 9.90 Å². The molecule has 1 aliphatic carbocycles. The summed E-state index contributed by atoms with van der Waals surface area (Å²) in [5, 5.41) is 12.5. The van der Waals surface area contributed by atoms with Crippen molar-refractivity contribution in [3.8, 4) is 0 Å². The average Bonchev–Trinajstić information content (AvgIpc) is 3.05. The second kappa shape index (κ2) is 7.49. The summed E-state index contributed by atoms with van der Waals surface area (Å²) in [6, 6.07) is 15.8. The summed E-state index contributed by atoms with van der Waals surface area (Å²) in [5.74, 6) is -0.880. The first-order valence-corrected chi connectivity index (χ1v) is 9.17. The maximum absolute atomic E-state index is 10.9. The van der Waals surface area contributed by atoms with Crippen molar-refractivity contribution in [1.29, 1.82) is 0 Å². The monoisotopic (exact) mass is 387 g/mol. The van der Waals surface area contributed by atoms with Crippen LogP contribution in [-0.2, 0) is 12.0 Å². The molecule has 0 aromatic heterocycles. The van der Waals surface area contributed by atoms with Crippen molar-refractivity contribution in [3.05, 3.63) is 69.7 Å². The standard InChI is InChI=1S/C20H22BrNO2/c21-18-5-3-4-17(12-18)20(10-1-2-11-20)14-22-13-15-6-8-16(9-7-15)19(23)24/h3-9,12,22H,1-2,10-11,13-14H2,(H,23,24). The zero-order valence-electron chi connectivity index (χ0n) is 13.6. The van der Waals surface area contributed by atoms with Crippen LogP contribution in [0.3, 0.4) is 0 Å². The van der Waals surface area contributed by atoms with Gasteiger partial charge in [0.25, 0.3) is 0 Å². The van der Waals surface area contributed by atoms with Gasteiger partial charge in [-0.2, -0.15) is 0 Å². The highest BCUT2D eigenvalue weighted by Crippen LogP contribution is 2.41. The van der Waals surface area contributed by atoms with Crippen LogP contribution in [-0.4, -0.2) is 17.6 Å². The SMILES string of the molecule is O=C(O)c1ccc(CNCC2(c3cccc(Br)c3)CCCC2)cc1. The minimum Gasteiger partial charge on any atom is -0.478 e. The van der Waals surface area contributed by atoms with Gasteiger partial charge in [-0.15, -0.1) is 0 Å². The topological polar surface area (TPSA) is 49.3 Å². The zero-order valence-corrected chi connectivity index (χ0v) is 15.2. The first kappa shape index (κ1) is 17.2. The van der Waals surface area contributed by atoms with E-state index in [4.69, 9.17) is 5.11 Å². The van der Waals surface area contributed by atoms with Gasteiger partial charge >= 0.3 is 5.97 Å². The molecule has 1 aliphatic rings. The van der Waals surface area contributed by atoms with Crippen LogP contribution in [0.25, 0.3) is 0 Å². The van der Waals surface area contributed by atoms with Gasteiger partial charge in [0.1, 0.15) is 0 Å². The summed E-state index contributed by atoms with van der Waals surface area (Å²) in [7, 11) is 0. The van der Waals surface area contributed by atoms with E-state index >= 15 is 0 Å². The molecule has 24 heavy (non-hydrogen) atoms. The van der Waals surface area contributed by atoms with E-state index in [0.717, 1.165) is 23.1 Å². The normalized spacial score (nSPS) is 16.2. The lowest BCUT2D eigenvalue weighted by molar-refractivity contribution is 0.0697. The van der Waals surface area contributed by atoms with Crippen LogP contribution in [0.1, 0.15) is 47.2 Å². The van der Waals surface area contributed by atoms with Crippen molar-refractivity contribution in [2.75, 3.05) is 6.54 Å². The minimum atomic E-state index is -0.880. The molecule has 2 aromatic rings. The number of nitrogens with one attached hydrogen (secondary N) is 1. The highest BCUT2D eigenvalue weighted by Gasteiger charge is 2.35. The first-order valence-electron chi connectivity index (χ1n) is 8.38. The Morgan fingerprint density at radius 1 is 1.12 bits per heavy atom. The molecule has 3 rings (SSSR count). The van der Waals surface area contributed by atoms with Crippen molar-refractivity contribution in [3.63, 3.8) is 0 Å². The predicted octanol–water partition coefficient (Wildman–Crippen LogP) is 4.75. The van der Waals surface area contributed by atoms with Crippen molar-refractivity contribution in [1.82, 2.24) is 5.32 Å². The van der Waals surface area contributed by atoms with Crippen molar-refractivity contribution in [2.24, 2.45) is 0 Å². The van der Waals surface area contributed by atoms with E-state index in [9.17, 15) is 4.79 Å². The number of carboxylic acid groups (broad SMARTS) is 1. The van der Waals surface area contributed by atoms with Crippen molar-refractivity contribution in [2.45, 2.75) is 37.6 Å². The number of carboxylic acids is 1. The van der Waals surface area contributed by atoms with Gasteiger partial charge in [-0.25, -0.2) is 4.79 Å². The third-order valence-electron chi connectivity index (χ3n) is 4.99. The number of hydrogen-bond acceptors (Lipinski definition) is 2.